The van der Waals surface area contributed by atoms with Gasteiger partial charge in [0.15, 0.2) is 0 Å². The normalized spacial score (nSPS) is 10.8. The van der Waals surface area contributed by atoms with Gasteiger partial charge in [-0.2, -0.15) is 0 Å². The van der Waals surface area contributed by atoms with E-state index in [1.807, 2.05) is 0 Å². The first-order chi connectivity index (χ1) is 9.63. The number of esters is 1. The summed E-state index contributed by atoms with van der Waals surface area (Å²) >= 11 is 0. The molecule has 0 aliphatic carbocycles. The fourth-order valence-corrected chi connectivity index (χ4v) is 1.76. The molecule has 1 aromatic rings. The molecule has 0 saturated carbocycles. The van der Waals surface area contributed by atoms with Crippen molar-refractivity contribution in [1.82, 2.24) is 5.32 Å². The van der Waals surface area contributed by atoms with Crippen molar-refractivity contribution < 1.29 is 14.3 Å². The molecule has 1 N–H and O–H groups in total. The number of rotatable bonds is 9. The molecule has 0 heterocycles. The maximum absolute atomic E-state index is 11.0. The average molecular weight is 279 g/mol. The van der Waals surface area contributed by atoms with E-state index in [1.54, 1.807) is 6.92 Å². The SMILES string of the molecule is CCOC(=O)COCCNCc1ccc(C(C)C)cc1. The van der Waals surface area contributed by atoms with Gasteiger partial charge in [-0.15, -0.1) is 0 Å². The lowest BCUT2D eigenvalue weighted by Gasteiger charge is -2.08. The Morgan fingerprint density at radius 2 is 1.95 bits per heavy atom. The lowest BCUT2D eigenvalue weighted by Crippen LogP contribution is -2.21. The van der Waals surface area contributed by atoms with Gasteiger partial charge in [0.05, 0.1) is 13.2 Å². The summed E-state index contributed by atoms with van der Waals surface area (Å²) in [6.45, 7) is 8.60. The third kappa shape index (κ3) is 6.68. The number of carbonyl (C=O) groups is 1. The second-order valence-corrected chi connectivity index (χ2v) is 4.93. The molecular weight excluding hydrogens is 254 g/mol. The Kier molecular flexibility index (Phi) is 7.92. The summed E-state index contributed by atoms with van der Waals surface area (Å²) in [5.41, 5.74) is 2.60. The zero-order chi connectivity index (χ0) is 14.8. The topological polar surface area (TPSA) is 47.6 Å². The van der Waals surface area contributed by atoms with E-state index in [-0.39, 0.29) is 12.6 Å². The summed E-state index contributed by atoms with van der Waals surface area (Å²) in [4.78, 5) is 11.0. The molecule has 0 amide bonds. The molecular formula is C16H25NO3. The zero-order valence-corrected chi connectivity index (χ0v) is 12.6. The summed E-state index contributed by atoms with van der Waals surface area (Å²) in [5.74, 6) is 0.255. The summed E-state index contributed by atoms with van der Waals surface area (Å²) in [7, 11) is 0. The van der Waals surface area contributed by atoms with Crippen LogP contribution in [0.2, 0.25) is 0 Å². The third-order valence-electron chi connectivity index (χ3n) is 2.92. The Bertz CT molecular complexity index is 387. The van der Waals surface area contributed by atoms with Crippen molar-refractivity contribution >= 4 is 5.97 Å². The van der Waals surface area contributed by atoms with Crippen LogP contribution in [0.25, 0.3) is 0 Å². The Balaban J connectivity index is 2.10. The van der Waals surface area contributed by atoms with Gasteiger partial charge in [-0.1, -0.05) is 38.1 Å². The van der Waals surface area contributed by atoms with Crippen LogP contribution in [-0.4, -0.2) is 32.3 Å². The molecule has 20 heavy (non-hydrogen) atoms. The van der Waals surface area contributed by atoms with E-state index in [9.17, 15) is 4.79 Å². The summed E-state index contributed by atoms with van der Waals surface area (Å²) in [5, 5.41) is 3.28. The first-order valence-corrected chi connectivity index (χ1v) is 7.16. The highest BCUT2D eigenvalue weighted by molar-refractivity contribution is 5.70. The fraction of sp³-hybridized carbons (Fsp3) is 0.562. The number of ether oxygens (including phenoxy) is 2. The number of benzene rings is 1. The smallest absolute Gasteiger partial charge is 0.332 e. The molecule has 4 heteroatoms. The first kappa shape index (κ1) is 16.7. The third-order valence-corrected chi connectivity index (χ3v) is 2.92. The molecule has 0 fully saturated rings. The van der Waals surface area contributed by atoms with Crippen molar-refractivity contribution in [3.8, 4) is 0 Å². The second-order valence-electron chi connectivity index (χ2n) is 4.93. The van der Waals surface area contributed by atoms with Crippen molar-refractivity contribution in [2.45, 2.75) is 33.2 Å². The Morgan fingerprint density at radius 1 is 1.25 bits per heavy atom. The van der Waals surface area contributed by atoms with Gasteiger partial charge in [0, 0.05) is 13.1 Å². The molecule has 0 atom stereocenters. The van der Waals surface area contributed by atoms with E-state index in [0.717, 1.165) is 6.54 Å². The molecule has 0 radical (unpaired) electrons. The molecule has 1 aromatic carbocycles. The molecule has 0 aliphatic heterocycles. The Labute approximate surface area is 121 Å². The van der Waals surface area contributed by atoms with Crippen molar-refractivity contribution in [2.75, 3.05) is 26.4 Å². The monoisotopic (exact) mass is 279 g/mol. The maximum atomic E-state index is 11.0. The minimum absolute atomic E-state index is 0.0264. The highest BCUT2D eigenvalue weighted by Crippen LogP contribution is 2.14. The predicted molar refractivity (Wildman–Crippen MR) is 79.7 cm³/mol. The number of nitrogens with one attached hydrogen (secondary N) is 1. The van der Waals surface area contributed by atoms with Crippen LogP contribution >= 0.6 is 0 Å². The van der Waals surface area contributed by atoms with E-state index in [2.05, 4.69) is 43.4 Å². The molecule has 0 bridgehead atoms. The maximum Gasteiger partial charge on any atom is 0.332 e. The van der Waals surface area contributed by atoms with E-state index < -0.39 is 0 Å². The van der Waals surface area contributed by atoms with Crippen LogP contribution in [0.15, 0.2) is 24.3 Å². The van der Waals surface area contributed by atoms with Gasteiger partial charge in [-0.3, -0.25) is 0 Å². The van der Waals surface area contributed by atoms with Gasteiger partial charge in [0.25, 0.3) is 0 Å². The van der Waals surface area contributed by atoms with Crippen LogP contribution in [0.3, 0.4) is 0 Å². The quantitative estimate of drug-likeness (QED) is 0.557. The van der Waals surface area contributed by atoms with Crippen LogP contribution < -0.4 is 5.32 Å². The molecule has 0 unspecified atom stereocenters. The summed E-state index contributed by atoms with van der Waals surface area (Å²) in [6.07, 6.45) is 0. The van der Waals surface area contributed by atoms with Gasteiger partial charge < -0.3 is 14.8 Å². The summed E-state index contributed by atoms with van der Waals surface area (Å²) < 4.78 is 9.96. The van der Waals surface area contributed by atoms with Crippen LogP contribution in [0.5, 0.6) is 0 Å². The number of carbonyl (C=O) groups excluding carboxylic acids is 1. The molecule has 0 saturated heterocycles. The molecule has 112 valence electrons. The minimum atomic E-state index is -0.309. The molecule has 0 spiro atoms. The van der Waals surface area contributed by atoms with Crippen LogP contribution in [0.4, 0.5) is 0 Å². The lowest BCUT2D eigenvalue weighted by molar-refractivity contribution is -0.148. The fourth-order valence-electron chi connectivity index (χ4n) is 1.76. The molecule has 0 aromatic heterocycles. The van der Waals surface area contributed by atoms with Crippen LogP contribution in [-0.2, 0) is 20.8 Å². The zero-order valence-electron chi connectivity index (χ0n) is 12.6. The standard InChI is InChI=1S/C16H25NO3/c1-4-20-16(18)12-19-10-9-17-11-14-5-7-15(8-6-14)13(2)3/h5-8,13,17H,4,9-12H2,1-3H3. The molecule has 0 aliphatic rings. The molecule has 1 rings (SSSR count). The number of hydrogen-bond acceptors (Lipinski definition) is 4. The lowest BCUT2D eigenvalue weighted by atomic mass is 10.0. The predicted octanol–water partition coefficient (Wildman–Crippen LogP) is 2.48. The van der Waals surface area contributed by atoms with Gasteiger partial charge in [0.2, 0.25) is 0 Å². The van der Waals surface area contributed by atoms with E-state index >= 15 is 0 Å². The Hall–Kier alpha value is -1.39. The highest BCUT2D eigenvalue weighted by Gasteiger charge is 2.01. The van der Waals surface area contributed by atoms with E-state index in [4.69, 9.17) is 9.47 Å². The highest BCUT2D eigenvalue weighted by atomic mass is 16.6. The minimum Gasteiger partial charge on any atom is -0.464 e. The van der Waals surface area contributed by atoms with Gasteiger partial charge >= 0.3 is 5.97 Å². The first-order valence-electron chi connectivity index (χ1n) is 7.16. The van der Waals surface area contributed by atoms with Crippen LogP contribution in [0, 0.1) is 0 Å². The molecule has 4 nitrogen and oxygen atoms in total. The average Bonchev–Trinajstić information content (AvgIpc) is 2.43. The summed E-state index contributed by atoms with van der Waals surface area (Å²) in [6, 6.07) is 8.61. The van der Waals surface area contributed by atoms with Crippen molar-refractivity contribution in [1.29, 1.82) is 0 Å². The van der Waals surface area contributed by atoms with Crippen molar-refractivity contribution in [3.05, 3.63) is 35.4 Å². The Morgan fingerprint density at radius 3 is 2.55 bits per heavy atom. The second kappa shape index (κ2) is 9.50. The van der Waals surface area contributed by atoms with E-state index in [1.165, 1.54) is 11.1 Å². The van der Waals surface area contributed by atoms with Crippen LogP contribution in [0.1, 0.15) is 37.8 Å². The largest absolute Gasteiger partial charge is 0.464 e. The van der Waals surface area contributed by atoms with Gasteiger partial charge in [0.1, 0.15) is 6.61 Å². The van der Waals surface area contributed by atoms with Gasteiger partial charge in [-0.25, -0.2) is 4.79 Å². The number of hydrogen-bond donors (Lipinski definition) is 1. The van der Waals surface area contributed by atoms with Crippen molar-refractivity contribution in [3.63, 3.8) is 0 Å². The van der Waals surface area contributed by atoms with E-state index in [0.29, 0.717) is 25.7 Å². The van der Waals surface area contributed by atoms with Crippen molar-refractivity contribution in [2.24, 2.45) is 0 Å². The van der Waals surface area contributed by atoms with Gasteiger partial charge in [-0.05, 0) is 24.0 Å².